The molecule has 3 N–H and O–H groups in total. The summed E-state index contributed by atoms with van der Waals surface area (Å²) in [6.07, 6.45) is -1.83. The van der Waals surface area contributed by atoms with E-state index in [9.17, 15) is 10.2 Å². The second-order valence-electron chi connectivity index (χ2n) is 2.76. The molecule has 1 aromatic carbocycles. The van der Waals surface area contributed by atoms with Crippen LogP contribution >= 0.6 is 15.9 Å². The van der Waals surface area contributed by atoms with Crippen LogP contribution in [0.5, 0.6) is 5.75 Å². The molecular weight excluding hydrogens is 236 g/mol. The molecule has 1 rings (SSSR count). The Balaban J connectivity index is 2.82. The molecule has 0 heterocycles. The Hall–Kier alpha value is -0.580. The quantitative estimate of drug-likeness (QED) is 0.703. The monoisotopic (exact) mass is 246 g/mol. The van der Waals surface area contributed by atoms with Gasteiger partial charge in [0.05, 0.1) is 6.10 Å². The average Bonchev–Trinajstić information content (AvgIpc) is 2.15. The maximum atomic E-state index is 9.52. The topological polar surface area (TPSA) is 60.7 Å². The Kier molecular flexibility index (Phi) is 3.71. The van der Waals surface area contributed by atoms with Crippen molar-refractivity contribution >= 4 is 15.9 Å². The fraction of sp³-hybridized carbons (Fsp3) is 0.333. The zero-order chi connectivity index (χ0) is 9.84. The second kappa shape index (κ2) is 4.60. The van der Waals surface area contributed by atoms with Crippen molar-refractivity contribution in [2.24, 2.45) is 0 Å². The van der Waals surface area contributed by atoms with Crippen molar-refractivity contribution in [2.75, 3.05) is 5.33 Å². The molecule has 0 saturated carbocycles. The number of aromatic hydroxyl groups is 1. The molecule has 0 aliphatic rings. The lowest BCUT2D eigenvalue weighted by Gasteiger charge is -2.15. The number of hydrogen-bond donors (Lipinski definition) is 3. The average molecular weight is 247 g/mol. The van der Waals surface area contributed by atoms with Crippen molar-refractivity contribution in [3.8, 4) is 5.75 Å². The number of benzene rings is 1. The molecule has 0 amide bonds. The maximum absolute atomic E-state index is 9.52. The Morgan fingerprint density at radius 2 is 2.00 bits per heavy atom. The van der Waals surface area contributed by atoms with Crippen LogP contribution in [0.25, 0.3) is 0 Å². The molecule has 72 valence electrons. The molecule has 0 saturated heterocycles. The van der Waals surface area contributed by atoms with Crippen LogP contribution in [0.4, 0.5) is 0 Å². The van der Waals surface area contributed by atoms with Crippen LogP contribution in [0.1, 0.15) is 11.7 Å². The third-order valence-electron chi connectivity index (χ3n) is 1.73. The lowest BCUT2D eigenvalue weighted by molar-refractivity contribution is 0.0341. The van der Waals surface area contributed by atoms with Crippen LogP contribution in [0, 0.1) is 0 Å². The highest BCUT2D eigenvalue weighted by atomic mass is 79.9. The van der Waals surface area contributed by atoms with E-state index in [1.54, 1.807) is 12.1 Å². The molecule has 0 spiro atoms. The van der Waals surface area contributed by atoms with Crippen molar-refractivity contribution in [1.82, 2.24) is 0 Å². The summed E-state index contributed by atoms with van der Waals surface area (Å²) in [5, 5.41) is 28.2. The molecule has 0 aromatic heterocycles. The second-order valence-corrected chi connectivity index (χ2v) is 3.41. The third-order valence-corrected chi connectivity index (χ3v) is 2.40. The highest BCUT2D eigenvalue weighted by Crippen LogP contribution is 2.21. The van der Waals surface area contributed by atoms with E-state index in [1.807, 2.05) is 0 Å². The van der Waals surface area contributed by atoms with Gasteiger partial charge < -0.3 is 15.3 Å². The van der Waals surface area contributed by atoms with Crippen molar-refractivity contribution in [3.05, 3.63) is 29.8 Å². The SMILES string of the molecule is Oc1cccc(C(O)C(O)CBr)c1. The van der Waals surface area contributed by atoms with E-state index < -0.39 is 12.2 Å². The van der Waals surface area contributed by atoms with Gasteiger partial charge in [0.1, 0.15) is 11.9 Å². The minimum absolute atomic E-state index is 0.0818. The number of alkyl halides is 1. The van der Waals surface area contributed by atoms with Crippen molar-refractivity contribution in [1.29, 1.82) is 0 Å². The first-order valence-electron chi connectivity index (χ1n) is 3.86. The van der Waals surface area contributed by atoms with Crippen LogP contribution < -0.4 is 0 Å². The van der Waals surface area contributed by atoms with Gasteiger partial charge in [0.2, 0.25) is 0 Å². The summed E-state index contributed by atoms with van der Waals surface area (Å²) < 4.78 is 0. The van der Waals surface area contributed by atoms with Gasteiger partial charge in [-0.2, -0.15) is 0 Å². The molecule has 0 fully saturated rings. The molecule has 0 aliphatic heterocycles. The number of aliphatic hydroxyl groups is 2. The van der Waals surface area contributed by atoms with Gasteiger partial charge in [-0.25, -0.2) is 0 Å². The largest absolute Gasteiger partial charge is 0.508 e. The molecule has 2 unspecified atom stereocenters. The number of hydrogen-bond acceptors (Lipinski definition) is 3. The van der Waals surface area contributed by atoms with Gasteiger partial charge >= 0.3 is 0 Å². The van der Waals surface area contributed by atoms with Gasteiger partial charge in [-0.3, -0.25) is 0 Å². The van der Waals surface area contributed by atoms with Gasteiger partial charge in [-0.05, 0) is 17.7 Å². The predicted octanol–water partition coefficient (Wildman–Crippen LogP) is 1.18. The highest BCUT2D eigenvalue weighted by Gasteiger charge is 2.16. The van der Waals surface area contributed by atoms with E-state index in [2.05, 4.69) is 15.9 Å². The predicted molar refractivity (Wildman–Crippen MR) is 52.9 cm³/mol. The minimum atomic E-state index is -0.966. The van der Waals surface area contributed by atoms with Crippen LogP contribution in [0.2, 0.25) is 0 Å². The molecule has 0 bridgehead atoms. The van der Waals surface area contributed by atoms with Gasteiger partial charge in [0, 0.05) is 5.33 Å². The smallest absolute Gasteiger partial charge is 0.115 e. The Labute approximate surface area is 84.8 Å². The zero-order valence-electron chi connectivity index (χ0n) is 6.89. The minimum Gasteiger partial charge on any atom is -0.508 e. The van der Waals surface area contributed by atoms with Gasteiger partial charge in [0.25, 0.3) is 0 Å². The standard InChI is InChI=1S/C9H11BrO3/c10-5-8(12)9(13)6-2-1-3-7(11)4-6/h1-4,8-9,11-13H,5H2. The van der Waals surface area contributed by atoms with Crippen LogP contribution in [-0.4, -0.2) is 26.8 Å². The van der Waals surface area contributed by atoms with Crippen LogP contribution in [-0.2, 0) is 0 Å². The van der Waals surface area contributed by atoms with E-state index >= 15 is 0 Å². The number of phenolic OH excluding ortho intramolecular Hbond substituents is 1. The summed E-state index contributed by atoms with van der Waals surface area (Å²) in [6, 6.07) is 6.21. The third kappa shape index (κ3) is 2.69. The molecule has 13 heavy (non-hydrogen) atoms. The summed E-state index contributed by atoms with van der Waals surface area (Å²) in [6.45, 7) is 0. The number of aliphatic hydroxyl groups excluding tert-OH is 2. The lowest BCUT2D eigenvalue weighted by Crippen LogP contribution is -2.19. The molecule has 3 nitrogen and oxygen atoms in total. The molecule has 0 aliphatic carbocycles. The molecule has 1 aromatic rings. The van der Waals surface area contributed by atoms with E-state index in [1.165, 1.54) is 12.1 Å². The Morgan fingerprint density at radius 1 is 1.31 bits per heavy atom. The van der Waals surface area contributed by atoms with Gasteiger partial charge in [0.15, 0.2) is 0 Å². The van der Waals surface area contributed by atoms with Gasteiger partial charge in [-0.1, -0.05) is 28.1 Å². The van der Waals surface area contributed by atoms with Crippen LogP contribution in [0.3, 0.4) is 0 Å². The number of phenols is 1. The number of rotatable bonds is 3. The van der Waals surface area contributed by atoms with E-state index in [-0.39, 0.29) is 5.75 Å². The Morgan fingerprint density at radius 3 is 2.54 bits per heavy atom. The van der Waals surface area contributed by atoms with E-state index in [4.69, 9.17) is 5.11 Å². The Bertz CT molecular complexity index is 277. The highest BCUT2D eigenvalue weighted by molar-refractivity contribution is 9.09. The summed E-state index contributed by atoms with van der Waals surface area (Å²) in [5.74, 6) is 0.0818. The first-order chi connectivity index (χ1) is 6.15. The maximum Gasteiger partial charge on any atom is 0.115 e. The van der Waals surface area contributed by atoms with Gasteiger partial charge in [-0.15, -0.1) is 0 Å². The van der Waals surface area contributed by atoms with Crippen molar-refractivity contribution < 1.29 is 15.3 Å². The lowest BCUT2D eigenvalue weighted by atomic mass is 10.1. The summed E-state index contributed by atoms with van der Waals surface area (Å²) in [5.41, 5.74) is 0.506. The molecule has 0 radical (unpaired) electrons. The van der Waals surface area contributed by atoms with E-state index in [0.29, 0.717) is 10.9 Å². The van der Waals surface area contributed by atoms with Crippen molar-refractivity contribution in [2.45, 2.75) is 12.2 Å². The normalized spacial score (nSPS) is 15.3. The summed E-state index contributed by atoms with van der Waals surface area (Å²) in [7, 11) is 0. The summed E-state index contributed by atoms with van der Waals surface area (Å²) >= 11 is 3.06. The molecule has 2 atom stereocenters. The fourth-order valence-corrected chi connectivity index (χ4v) is 1.37. The number of halogens is 1. The first-order valence-corrected chi connectivity index (χ1v) is 4.98. The molecular formula is C9H11BrO3. The summed E-state index contributed by atoms with van der Waals surface area (Å²) in [4.78, 5) is 0. The first kappa shape index (κ1) is 10.5. The molecule has 4 heteroatoms. The van der Waals surface area contributed by atoms with E-state index in [0.717, 1.165) is 0 Å². The van der Waals surface area contributed by atoms with Crippen molar-refractivity contribution in [3.63, 3.8) is 0 Å². The fourth-order valence-electron chi connectivity index (χ4n) is 1.02. The zero-order valence-corrected chi connectivity index (χ0v) is 8.48. The van der Waals surface area contributed by atoms with Crippen LogP contribution in [0.15, 0.2) is 24.3 Å².